The lowest BCUT2D eigenvalue weighted by Gasteiger charge is -2.19. The van der Waals surface area contributed by atoms with Crippen molar-refractivity contribution in [3.8, 4) is 0 Å². The van der Waals surface area contributed by atoms with E-state index in [1.165, 1.54) is 0 Å². The maximum absolute atomic E-state index is 11.9. The van der Waals surface area contributed by atoms with Crippen molar-refractivity contribution in [1.29, 1.82) is 0 Å². The maximum atomic E-state index is 11.9. The molecule has 90 valence electrons. The standard InChI is InChI=1S/C10H19F3N2/c1-4-14-7-9(2)8-15(3)6-5-10(11,12)13/h14H,2,4-8H2,1,3H3. The topological polar surface area (TPSA) is 15.3 Å². The second-order valence-electron chi connectivity index (χ2n) is 3.63. The fourth-order valence-corrected chi connectivity index (χ4v) is 1.14. The molecule has 0 aliphatic carbocycles. The summed E-state index contributed by atoms with van der Waals surface area (Å²) in [5.74, 6) is 0. The molecule has 1 N–H and O–H groups in total. The molecule has 0 unspecified atom stereocenters. The highest BCUT2D eigenvalue weighted by molar-refractivity contribution is 4.99. The lowest BCUT2D eigenvalue weighted by atomic mass is 10.2. The molecule has 2 nitrogen and oxygen atoms in total. The summed E-state index contributed by atoms with van der Waals surface area (Å²) >= 11 is 0. The first kappa shape index (κ1) is 14.5. The summed E-state index contributed by atoms with van der Waals surface area (Å²) in [5.41, 5.74) is 0.904. The van der Waals surface area contributed by atoms with Crippen LogP contribution in [0.4, 0.5) is 13.2 Å². The van der Waals surface area contributed by atoms with Crippen LogP contribution >= 0.6 is 0 Å². The molecule has 0 aliphatic rings. The van der Waals surface area contributed by atoms with Crippen molar-refractivity contribution in [1.82, 2.24) is 10.2 Å². The Bertz CT molecular complexity index is 190. The molecule has 5 heteroatoms. The van der Waals surface area contributed by atoms with Crippen LogP contribution < -0.4 is 5.32 Å². The highest BCUT2D eigenvalue weighted by atomic mass is 19.4. The van der Waals surface area contributed by atoms with E-state index in [2.05, 4.69) is 11.9 Å². The molecule has 0 fully saturated rings. The van der Waals surface area contributed by atoms with Crippen molar-refractivity contribution in [2.24, 2.45) is 0 Å². The highest BCUT2D eigenvalue weighted by Gasteiger charge is 2.26. The van der Waals surface area contributed by atoms with Crippen LogP contribution in [-0.2, 0) is 0 Å². The van der Waals surface area contributed by atoms with E-state index in [0.29, 0.717) is 13.1 Å². The summed E-state index contributed by atoms with van der Waals surface area (Å²) in [6.45, 7) is 7.79. The molecule has 0 aromatic heterocycles. The van der Waals surface area contributed by atoms with E-state index in [1.807, 2.05) is 6.92 Å². The molecule has 0 saturated heterocycles. The van der Waals surface area contributed by atoms with Gasteiger partial charge in [-0.25, -0.2) is 0 Å². The molecule has 0 amide bonds. The van der Waals surface area contributed by atoms with Crippen LogP contribution in [0.2, 0.25) is 0 Å². The molecule has 15 heavy (non-hydrogen) atoms. The van der Waals surface area contributed by atoms with Crippen LogP contribution in [-0.4, -0.2) is 44.3 Å². The lowest BCUT2D eigenvalue weighted by molar-refractivity contribution is -0.137. The number of alkyl halides is 3. The van der Waals surface area contributed by atoms with Gasteiger partial charge in [0.15, 0.2) is 0 Å². The highest BCUT2D eigenvalue weighted by Crippen LogP contribution is 2.19. The largest absolute Gasteiger partial charge is 0.390 e. The predicted octanol–water partition coefficient (Wildman–Crippen LogP) is 2.04. The summed E-state index contributed by atoms with van der Waals surface area (Å²) in [4.78, 5) is 1.63. The predicted molar refractivity (Wildman–Crippen MR) is 55.9 cm³/mol. The zero-order valence-electron chi connectivity index (χ0n) is 9.32. The van der Waals surface area contributed by atoms with Crippen molar-refractivity contribution in [2.45, 2.75) is 19.5 Å². The van der Waals surface area contributed by atoms with Gasteiger partial charge >= 0.3 is 6.18 Å². The van der Waals surface area contributed by atoms with Gasteiger partial charge in [0.2, 0.25) is 0 Å². The average molecular weight is 224 g/mol. The van der Waals surface area contributed by atoms with Crippen molar-refractivity contribution in [2.75, 3.05) is 33.2 Å². The van der Waals surface area contributed by atoms with Crippen LogP contribution in [0.5, 0.6) is 0 Å². The van der Waals surface area contributed by atoms with Gasteiger partial charge in [0.25, 0.3) is 0 Å². The average Bonchev–Trinajstić information content (AvgIpc) is 2.10. The van der Waals surface area contributed by atoms with Crippen LogP contribution in [0.15, 0.2) is 12.2 Å². The third kappa shape index (κ3) is 9.75. The van der Waals surface area contributed by atoms with Crippen LogP contribution in [0.25, 0.3) is 0 Å². The zero-order chi connectivity index (χ0) is 11.9. The van der Waals surface area contributed by atoms with E-state index in [9.17, 15) is 13.2 Å². The first-order valence-corrected chi connectivity index (χ1v) is 4.98. The van der Waals surface area contributed by atoms with Gasteiger partial charge in [0.1, 0.15) is 0 Å². The molecule has 0 aromatic carbocycles. The van der Waals surface area contributed by atoms with E-state index in [-0.39, 0.29) is 6.54 Å². The van der Waals surface area contributed by atoms with Crippen LogP contribution in [0.1, 0.15) is 13.3 Å². The monoisotopic (exact) mass is 224 g/mol. The van der Waals surface area contributed by atoms with Crippen LogP contribution in [0.3, 0.4) is 0 Å². The first-order chi connectivity index (χ1) is 6.85. The van der Waals surface area contributed by atoms with Crippen molar-refractivity contribution in [3.05, 3.63) is 12.2 Å². The maximum Gasteiger partial charge on any atom is 0.390 e. The van der Waals surface area contributed by atoms with Gasteiger partial charge in [-0.3, -0.25) is 0 Å². The number of hydrogen-bond donors (Lipinski definition) is 1. The molecular weight excluding hydrogens is 205 g/mol. The molecule has 0 aromatic rings. The van der Waals surface area contributed by atoms with Gasteiger partial charge in [-0.15, -0.1) is 0 Å². The number of likely N-dealkylation sites (N-methyl/N-ethyl adjacent to an activating group) is 2. The van der Waals surface area contributed by atoms with Gasteiger partial charge in [-0.2, -0.15) is 13.2 Å². The van der Waals surface area contributed by atoms with Gasteiger partial charge in [-0.05, 0) is 19.2 Å². The van der Waals surface area contributed by atoms with E-state index < -0.39 is 12.6 Å². The Labute approximate surface area is 89.1 Å². The van der Waals surface area contributed by atoms with Crippen molar-refractivity contribution in [3.63, 3.8) is 0 Å². The first-order valence-electron chi connectivity index (χ1n) is 4.98. The summed E-state index contributed by atoms with van der Waals surface area (Å²) < 4.78 is 35.7. The zero-order valence-corrected chi connectivity index (χ0v) is 9.32. The number of nitrogens with zero attached hydrogens (tertiary/aromatic N) is 1. The fraction of sp³-hybridized carbons (Fsp3) is 0.800. The smallest absolute Gasteiger partial charge is 0.313 e. The summed E-state index contributed by atoms with van der Waals surface area (Å²) in [5, 5.41) is 3.08. The molecule has 0 bridgehead atoms. The summed E-state index contributed by atoms with van der Waals surface area (Å²) in [6.07, 6.45) is -4.84. The third-order valence-electron chi connectivity index (χ3n) is 1.90. The van der Waals surface area contributed by atoms with E-state index in [1.54, 1.807) is 11.9 Å². The molecule has 0 radical (unpaired) electrons. The Morgan fingerprint density at radius 2 is 2.00 bits per heavy atom. The Morgan fingerprint density at radius 3 is 2.47 bits per heavy atom. The van der Waals surface area contributed by atoms with Crippen molar-refractivity contribution >= 4 is 0 Å². The minimum atomic E-state index is -4.07. The number of rotatable bonds is 7. The molecule has 0 heterocycles. The molecule has 0 aliphatic heterocycles. The van der Waals surface area contributed by atoms with Crippen LogP contribution in [0, 0.1) is 0 Å². The second kappa shape index (κ2) is 6.85. The lowest BCUT2D eigenvalue weighted by Crippen LogP contribution is -2.29. The molecule has 0 atom stereocenters. The summed E-state index contributed by atoms with van der Waals surface area (Å²) in [7, 11) is 1.67. The molecule has 0 spiro atoms. The Kier molecular flexibility index (Phi) is 6.60. The van der Waals surface area contributed by atoms with E-state index in [0.717, 1.165) is 12.1 Å². The van der Waals surface area contributed by atoms with E-state index >= 15 is 0 Å². The Hall–Kier alpha value is -0.550. The van der Waals surface area contributed by atoms with Crippen molar-refractivity contribution < 1.29 is 13.2 Å². The van der Waals surface area contributed by atoms with Gasteiger partial charge in [0, 0.05) is 19.6 Å². The molecule has 0 rings (SSSR count). The number of nitrogens with one attached hydrogen (secondary N) is 1. The van der Waals surface area contributed by atoms with Gasteiger partial charge < -0.3 is 10.2 Å². The quantitative estimate of drug-likeness (QED) is 0.666. The van der Waals surface area contributed by atoms with Gasteiger partial charge in [-0.1, -0.05) is 13.5 Å². The minimum absolute atomic E-state index is 0.0225. The van der Waals surface area contributed by atoms with E-state index in [4.69, 9.17) is 0 Å². The SMILES string of the molecule is C=C(CNCC)CN(C)CCC(F)(F)F. The fourth-order valence-electron chi connectivity index (χ4n) is 1.14. The molecule has 0 saturated carbocycles. The minimum Gasteiger partial charge on any atom is -0.313 e. The summed E-state index contributed by atoms with van der Waals surface area (Å²) in [6, 6.07) is 0. The third-order valence-corrected chi connectivity index (χ3v) is 1.90. The Morgan fingerprint density at radius 1 is 1.40 bits per heavy atom. The molecular formula is C10H19F3N2. The van der Waals surface area contributed by atoms with Gasteiger partial charge in [0.05, 0.1) is 6.42 Å². The normalized spacial score (nSPS) is 12.1. The Balaban J connectivity index is 3.64. The second-order valence-corrected chi connectivity index (χ2v) is 3.63. The number of halogens is 3. The number of hydrogen-bond acceptors (Lipinski definition) is 2.